The second-order valence-corrected chi connectivity index (χ2v) is 6.06. The van der Waals surface area contributed by atoms with E-state index in [-0.39, 0.29) is 5.91 Å². The Morgan fingerprint density at radius 3 is 2.39 bits per heavy atom. The van der Waals surface area contributed by atoms with E-state index in [9.17, 15) is 4.79 Å². The van der Waals surface area contributed by atoms with Crippen LogP contribution in [-0.2, 0) is 4.79 Å². The topological polar surface area (TPSA) is 20.3 Å². The number of amides is 1. The summed E-state index contributed by atoms with van der Waals surface area (Å²) in [6.07, 6.45) is 1.60. The number of hydrogen-bond donors (Lipinski definition) is 0. The molecule has 0 fully saturated rings. The van der Waals surface area contributed by atoms with Crippen molar-refractivity contribution in [3.8, 4) is 0 Å². The van der Waals surface area contributed by atoms with Crippen molar-refractivity contribution < 1.29 is 4.79 Å². The van der Waals surface area contributed by atoms with Crippen LogP contribution in [0.5, 0.6) is 0 Å². The van der Waals surface area contributed by atoms with Gasteiger partial charge in [-0.1, -0.05) is 15.9 Å². The molecule has 1 amide bonds. The Hall–Kier alpha value is -0.480. The van der Waals surface area contributed by atoms with E-state index in [1.165, 1.54) is 4.90 Å². The molecule has 100 valence electrons. The minimum Gasteiger partial charge on any atom is -0.343 e. The van der Waals surface area contributed by atoms with Gasteiger partial charge in [0.2, 0.25) is 5.91 Å². The third-order valence-electron chi connectivity index (χ3n) is 2.73. The van der Waals surface area contributed by atoms with Crippen LogP contribution in [0.3, 0.4) is 0 Å². The highest BCUT2D eigenvalue weighted by molar-refractivity contribution is 9.10. The summed E-state index contributed by atoms with van der Waals surface area (Å²) in [4.78, 5) is 14.9. The summed E-state index contributed by atoms with van der Waals surface area (Å²) in [6.45, 7) is 5.68. The van der Waals surface area contributed by atoms with Crippen LogP contribution in [0.2, 0.25) is 0 Å². The molecule has 1 aromatic rings. The SMILES string of the molecule is CCN(CC)C(=O)CCCSc1ccc(Br)cc1. The fourth-order valence-corrected chi connectivity index (χ4v) is 2.80. The molecule has 0 unspecified atom stereocenters. The van der Waals surface area contributed by atoms with Crippen molar-refractivity contribution in [2.75, 3.05) is 18.8 Å². The summed E-state index contributed by atoms with van der Waals surface area (Å²) in [6, 6.07) is 8.29. The van der Waals surface area contributed by atoms with E-state index >= 15 is 0 Å². The summed E-state index contributed by atoms with van der Waals surface area (Å²) in [7, 11) is 0. The van der Waals surface area contributed by atoms with Gasteiger partial charge in [-0.05, 0) is 50.3 Å². The molecule has 0 aliphatic carbocycles. The fraction of sp³-hybridized carbons (Fsp3) is 0.500. The minimum absolute atomic E-state index is 0.274. The smallest absolute Gasteiger partial charge is 0.222 e. The fourth-order valence-electron chi connectivity index (χ4n) is 1.68. The van der Waals surface area contributed by atoms with Crippen molar-refractivity contribution in [3.63, 3.8) is 0 Å². The molecular weight excluding hydrogens is 310 g/mol. The molecule has 0 aliphatic heterocycles. The van der Waals surface area contributed by atoms with Crippen LogP contribution in [0.15, 0.2) is 33.6 Å². The maximum absolute atomic E-state index is 11.8. The Morgan fingerprint density at radius 1 is 1.22 bits per heavy atom. The van der Waals surface area contributed by atoms with Gasteiger partial charge >= 0.3 is 0 Å². The van der Waals surface area contributed by atoms with Crippen molar-refractivity contribution in [1.82, 2.24) is 4.90 Å². The third kappa shape index (κ3) is 5.44. The van der Waals surface area contributed by atoms with E-state index in [2.05, 4.69) is 28.1 Å². The minimum atomic E-state index is 0.274. The van der Waals surface area contributed by atoms with Gasteiger partial charge in [0, 0.05) is 28.9 Å². The predicted molar refractivity (Wildman–Crippen MR) is 82.0 cm³/mol. The van der Waals surface area contributed by atoms with E-state index in [1.807, 2.05) is 30.9 Å². The molecule has 0 spiro atoms. The molecule has 0 saturated heterocycles. The number of halogens is 1. The summed E-state index contributed by atoms with van der Waals surface area (Å²) in [5, 5.41) is 0. The van der Waals surface area contributed by atoms with E-state index < -0.39 is 0 Å². The second-order valence-electron chi connectivity index (χ2n) is 3.97. The zero-order valence-electron chi connectivity index (χ0n) is 11.0. The molecule has 0 bridgehead atoms. The molecule has 1 rings (SSSR count). The number of nitrogens with zero attached hydrogens (tertiary/aromatic N) is 1. The molecule has 0 heterocycles. The van der Waals surface area contributed by atoms with Crippen LogP contribution < -0.4 is 0 Å². The molecule has 18 heavy (non-hydrogen) atoms. The van der Waals surface area contributed by atoms with Gasteiger partial charge in [-0.2, -0.15) is 0 Å². The van der Waals surface area contributed by atoms with Crippen LogP contribution in [0.4, 0.5) is 0 Å². The Bertz CT molecular complexity index is 363. The van der Waals surface area contributed by atoms with Crippen molar-refractivity contribution in [2.24, 2.45) is 0 Å². The van der Waals surface area contributed by atoms with Gasteiger partial charge in [0.25, 0.3) is 0 Å². The highest BCUT2D eigenvalue weighted by Crippen LogP contribution is 2.21. The molecule has 4 heteroatoms. The van der Waals surface area contributed by atoms with E-state index in [4.69, 9.17) is 0 Å². The molecule has 2 nitrogen and oxygen atoms in total. The van der Waals surface area contributed by atoms with E-state index in [1.54, 1.807) is 11.8 Å². The Balaban J connectivity index is 2.22. The molecular formula is C14H20BrNOS. The highest BCUT2D eigenvalue weighted by atomic mass is 79.9. The number of carbonyl (C=O) groups is 1. The van der Waals surface area contributed by atoms with Gasteiger partial charge in [0.1, 0.15) is 0 Å². The lowest BCUT2D eigenvalue weighted by atomic mass is 10.3. The van der Waals surface area contributed by atoms with E-state index in [0.29, 0.717) is 6.42 Å². The van der Waals surface area contributed by atoms with E-state index in [0.717, 1.165) is 29.7 Å². The lowest BCUT2D eigenvalue weighted by Gasteiger charge is -2.18. The monoisotopic (exact) mass is 329 g/mol. The molecule has 0 atom stereocenters. The Morgan fingerprint density at radius 2 is 1.83 bits per heavy atom. The first-order valence-corrected chi connectivity index (χ1v) is 8.11. The summed E-state index contributed by atoms with van der Waals surface area (Å²) in [5.41, 5.74) is 0. The number of rotatable bonds is 7. The quantitative estimate of drug-likeness (QED) is 0.552. The zero-order chi connectivity index (χ0) is 13.4. The predicted octanol–water partition coefficient (Wildman–Crippen LogP) is 4.19. The van der Waals surface area contributed by atoms with Gasteiger partial charge in [-0.15, -0.1) is 11.8 Å². The largest absolute Gasteiger partial charge is 0.343 e. The van der Waals surface area contributed by atoms with Gasteiger partial charge in [0.15, 0.2) is 0 Å². The third-order valence-corrected chi connectivity index (χ3v) is 4.36. The lowest BCUT2D eigenvalue weighted by molar-refractivity contribution is -0.130. The van der Waals surface area contributed by atoms with Crippen LogP contribution >= 0.6 is 27.7 Å². The van der Waals surface area contributed by atoms with Crippen molar-refractivity contribution in [1.29, 1.82) is 0 Å². The highest BCUT2D eigenvalue weighted by Gasteiger charge is 2.08. The molecule has 0 aromatic heterocycles. The molecule has 0 saturated carbocycles. The average molecular weight is 330 g/mol. The Kier molecular flexibility index (Phi) is 7.44. The number of thioether (sulfide) groups is 1. The van der Waals surface area contributed by atoms with Gasteiger partial charge in [-0.3, -0.25) is 4.79 Å². The summed E-state index contributed by atoms with van der Waals surface area (Å²) in [5.74, 6) is 1.27. The number of hydrogen-bond acceptors (Lipinski definition) is 2. The lowest BCUT2D eigenvalue weighted by Crippen LogP contribution is -2.30. The van der Waals surface area contributed by atoms with Gasteiger partial charge in [-0.25, -0.2) is 0 Å². The molecule has 1 aromatic carbocycles. The summed E-state index contributed by atoms with van der Waals surface area (Å²) < 4.78 is 1.10. The summed E-state index contributed by atoms with van der Waals surface area (Å²) >= 11 is 5.23. The molecule has 0 N–H and O–H groups in total. The van der Waals surface area contributed by atoms with Crippen LogP contribution in [-0.4, -0.2) is 29.6 Å². The maximum Gasteiger partial charge on any atom is 0.222 e. The van der Waals surface area contributed by atoms with Crippen LogP contribution in [0.25, 0.3) is 0 Å². The first-order chi connectivity index (χ1) is 8.67. The van der Waals surface area contributed by atoms with Crippen molar-refractivity contribution >= 4 is 33.6 Å². The van der Waals surface area contributed by atoms with Gasteiger partial charge < -0.3 is 4.90 Å². The van der Waals surface area contributed by atoms with Crippen LogP contribution in [0, 0.1) is 0 Å². The van der Waals surface area contributed by atoms with Crippen LogP contribution in [0.1, 0.15) is 26.7 Å². The van der Waals surface area contributed by atoms with Crippen molar-refractivity contribution in [2.45, 2.75) is 31.6 Å². The number of carbonyl (C=O) groups excluding carboxylic acids is 1. The van der Waals surface area contributed by atoms with Gasteiger partial charge in [0.05, 0.1) is 0 Å². The second kappa shape index (κ2) is 8.59. The normalized spacial score (nSPS) is 10.4. The molecule has 0 aliphatic rings. The Labute approximate surface area is 122 Å². The molecule has 0 radical (unpaired) electrons. The zero-order valence-corrected chi connectivity index (χ0v) is 13.4. The number of benzene rings is 1. The van der Waals surface area contributed by atoms with Crippen molar-refractivity contribution in [3.05, 3.63) is 28.7 Å². The first kappa shape index (κ1) is 15.6. The first-order valence-electron chi connectivity index (χ1n) is 6.33. The standard InChI is InChI=1S/C14H20BrNOS/c1-3-16(4-2)14(17)6-5-11-18-13-9-7-12(15)8-10-13/h7-10H,3-6,11H2,1-2H3. The maximum atomic E-state index is 11.8. The average Bonchev–Trinajstić information content (AvgIpc) is 2.38.